The summed E-state index contributed by atoms with van der Waals surface area (Å²) in [6.45, 7) is 1.34. The third-order valence-electron chi connectivity index (χ3n) is 3.37. The summed E-state index contributed by atoms with van der Waals surface area (Å²) in [5.74, 6) is -1.26. The van der Waals surface area contributed by atoms with Gasteiger partial charge >= 0.3 is 5.97 Å². The maximum absolute atomic E-state index is 11.9. The van der Waals surface area contributed by atoms with Crippen LogP contribution in [0.4, 0.5) is 5.69 Å². The van der Waals surface area contributed by atoms with Crippen LogP contribution in [0.3, 0.4) is 0 Å². The van der Waals surface area contributed by atoms with E-state index in [4.69, 9.17) is 4.74 Å². The van der Waals surface area contributed by atoms with E-state index in [9.17, 15) is 19.7 Å². The van der Waals surface area contributed by atoms with Gasteiger partial charge in [0.15, 0.2) is 6.61 Å². The minimum absolute atomic E-state index is 0.0166. The number of hydrogen-bond donors (Lipinski definition) is 1. The lowest BCUT2D eigenvalue weighted by Gasteiger charge is -2.14. The van der Waals surface area contributed by atoms with Crippen molar-refractivity contribution in [2.45, 2.75) is 13.0 Å². The lowest BCUT2D eigenvalue weighted by Crippen LogP contribution is -2.31. The number of rotatable bonds is 6. The number of nitro groups is 1. The van der Waals surface area contributed by atoms with Crippen LogP contribution in [0, 0.1) is 10.1 Å². The second-order valence-electron chi connectivity index (χ2n) is 5.22. The standard InChI is InChI=1S/C17H15BrN2O5/c1-11(12-5-7-14(18)8-6-12)19-16(21)10-25-17(22)13-3-2-4-15(9-13)20(23)24/h2-9,11H,10H2,1H3,(H,19,21)/t11-/m0/s1. The van der Waals surface area contributed by atoms with Crippen molar-refractivity contribution in [1.29, 1.82) is 0 Å². The van der Waals surface area contributed by atoms with Crippen molar-refractivity contribution in [2.75, 3.05) is 6.61 Å². The van der Waals surface area contributed by atoms with Gasteiger partial charge in [-0.3, -0.25) is 14.9 Å². The van der Waals surface area contributed by atoms with E-state index in [1.54, 1.807) is 0 Å². The largest absolute Gasteiger partial charge is 0.452 e. The minimum Gasteiger partial charge on any atom is -0.452 e. The van der Waals surface area contributed by atoms with Crippen LogP contribution in [-0.2, 0) is 9.53 Å². The van der Waals surface area contributed by atoms with Crippen molar-refractivity contribution >= 4 is 33.5 Å². The molecule has 0 bridgehead atoms. The molecule has 0 spiro atoms. The second kappa shape index (κ2) is 8.39. The molecule has 1 N–H and O–H groups in total. The first kappa shape index (κ1) is 18.6. The lowest BCUT2D eigenvalue weighted by molar-refractivity contribution is -0.384. The number of nitro benzene ring substituents is 1. The van der Waals surface area contributed by atoms with E-state index in [0.29, 0.717) is 0 Å². The number of non-ortho nitro benzene ring substituents is 1. The van der Waals surface area contributed by atoms with E-state index in [1.807, 2.05) is 31.2 Å². The van der Waals surface area contributed by atoms with Crippen LogP contribution >= 0.6 is 15.9 Å². The van der Waals surface area contributed by atoms with E-state index < -0.39 is 23.4 Å². The first-order valence-corrected chi connectivity index (χ1v) is 8.12. The molecule has 0 aliphatic heterocycles. The maximum atomic E-state index is 11.9. The van der Waals surface area contributed by atoms with Crippen LogP contribution in [0.15, 0.2) is 53.0 Å². The molecule has 0 aliphatic carbocycles. The average Bonchev–Trinajstić information content (AvgIpc) is 2.60. The zero-order valence-electron chi connectivity index (χ0n) is 13.3. The average molecular weight is 407 g/mol. The van der Waals surface area contributed by atoms with Crippen LogP contribution in [0.1, 0.15) is 28.9 Å². The van der Waals surface area contributed by atoms with E-state index >= 15 is 0 Å². The molecule has 0 aromatic heterocycles. The van der Waals surface area contributed by atoms with Crippen molar-refractivity contribution in [2.24, 2.45) is 0 Å². The molecule has 0 fully saturated rings. The Morgan fingerprint density at radius 3 is 2.56 bits per heavy atom. The Kier molecular flexibility index (Phi) is 6.24. The summed E-state index contributed by atoms with van der Waals surface area (Å²) in [7, 11) is 0. The number of nitrogens with zero attached hydrogens (tertiary/aromatic N) is 1. The van der Waals surface area contributed by atoms with Crippen LogP contribution < -0.4 is 5.32 Å². The molecule has 25 heavy (non-hydrogen) atoms. The first-order valence-electron chi connectivity index (χ1n) is 7.33. The number of amides is 1. The summed E-state index contributed by atoms with van der Waals surface area (Å²) in [6, 6.07) is 12.3. The smallest absolute Gasteiger partial charge is 0.338 e. The van der Waals surface area contributed by atoms with E-state index in [1.165, 1.54) is 18.2 Å². The zero-order chi connectivity index (χ0) is 18.4. The van der Waals surface area contributed by atoms with Gasteiger partial charge in [0.2, 0.25) is 0 Å². The highest BCUT2D eigenvalue weighted by atomic mass is 79.9. The van der Waals surface area contributed by atoms with E-state index in [2.05, 4.69) is 21.2 Å². The Balaban J connectivity index is 1.89. The van der Waals surface area contributed by atoms with Crippen LogP contribution in [-0.4, -0.2) is 23.4 Å². The van der Waals surface area contributed by atoms with Gasteiger partial charge in [0.25, 0.3) is 11.6 Å². The summed E-state index contributed by atoms with van der Waals surface area (Å²) in [4.78, 5) is 33.9. The normalized spacial score (nSPS) is 11.4. The number of carbonyl (C=O) groups excluding carboxylic acids is 2. The van der Waals surface area contributed by atoms with Gasteiger partial charge in [-0.05, 0) is 30.7 Å². The summed E-state index contributed by atoms with van der Waals surface area (Å²) >= 11 is 3.34. The molecule has 1 amide bonds. The molecule has 0 unspecified atom stereocenters. The predicted molar refractivity (Wildman–Crippen MR) is 94.1 cm³/mol. The summed E-state index contributed by atoms with van der Waals surface area (Å²) in [5, 5.41) is 13.4. The van der Waals surface area contributed by atoms with Gasteiger partial charge in [-0.25, -0.2) is 4.79 Å². The first-order chi connectivity index (χ1) is 11.9. The number of halogens is 1. The molecule has 2 aromatic carbocycles. The number of hydrogen-bond acceptors (Lipinski definition) is 5. The summed E-state index contributed by atoms with van der Waals surface area (Å²) in [5.41, 5.74) is 0.701. The minimum atomic E-state index is -0.796. The van der Waals surface area contributed by atoms with Crippen molar-refractivity contribution < 1.29 is 19.2 Å². The Morgan fingerprint density at radius 1 is 1.24 bits per heavy atom. The third kappa shape index (κ3) is 5.39. The second-order valence-corrected chi connectivity index (χ2v) is 6.14. The molecule has 2 aromatic rings. The maximum Gasteiger partial charge on any atom is 0.338 e. The Morgan fingerprint density at radius 2 is 1.92 bits per heavy atom. The topological polar surface area (TPSA) is 98.5 Å². The third-order valence-corrected chi connectivity index (χ3v) is 3.90. The molecule has 8 heteroatoms. The quantitative estimate of drug-likeness (QED) is 0.450. The lowest BCUT2D eigenvalue weighted by atomic mass is 10.1. The van der Waals surface area contributed by atoms with Crippen molar-refractivity contribution in [1.82, 2.24) is 5.32 Å². The van der Waals surface area contributed by atoms with Crippen LogP contribution in [0.25, 0.3) is 0 Å². The highest BCUT2D eigenvalue weighted by Crippen LogP contribution is 2.17. The molecular formula is C17H15BrN2O5. The fraction of sp³-hybridized carbons (Fsp3) is 0.176. The Hall–Kier alpha value is -2.74. The fourth-order valence-corrected chi connectivity index (χ4v) is 2.34. The van der Waals surface area contributed by atoms with Gasteiger partial charge in [-0.15, -0.1) is 0 Å². The predicted octanol–water partition coefficient (Wildman–Crippen LogP) is 3.39. The van der Waals surface area contributed by atoms with Gasteiger partial charge in [-0.2, -0.15) is 0 Å². The van der Waals surface area contributed by atoms with Gasteiger partial charge < -0.3 is 10.1 Å². The highest BCUT2D eigenvalue weighted by molar-refractivity contribution is 9.10. The van der Waals surface area contributed by atoms with Crippen molar-refractivity contribution in [3.63, 3.8) is 0 Å². The molecule has 0 saturated heterocycles. The molecule has 130 valence electrons. The summed E-state index contributed by atoms with van der Waals surface area (Å²) < 4.78 is 5.83. The van der Waals surface area contributed by atoms with Gasteiger partial charge in [-0.1, -0.05) is 34.1 Å². The number of ether oxygens (including phenoxy) is 1. The SMILES string of the molecule is C[C@H](NC(=O)COC(=O)c1cccc([N+](=O)[O-])c1)c1ccc(Br)cc1. The van der Waals surface area contributed by atoms with E-state index in [0.717, 1.165) is 16.1 Å². The molecule has 0 radical (unpaired) electrons. The molecule has 7 nitrogen and oxygen atoms in total. The molecule has 2 rings (SSSR count). The van der Waals surface area contributed by atoms with Crippen LogP contribution in [0.5, 0.6) is 0 Å². The van der Waals surface area contributed by atoms with Crippen molar-refractivity contribution in [3.8, 4) is 0 Å². The monoisotopic (exact) mass is 406 g/mol. The fourth-order valence-electron chi connectivity index (χ4n) is 2.08. The number of esters is 1. The number of carbonyl (C=O) groups is 2. The Bertz CT molecular complexity index is 792. The highest BCUT2D eigenvalue weighted by Gasteiger charge is 2.15. The van der Waals surface area contributed by atoms with Gasteiger partial charge in [0.1, 0.15) is 0 Å². The van der Waals surface area contributed by atoms with Gasteiger partial charge in [0.05, 0.1) is 16.5 Å². The zero-order valence-corrected chi connectivity index (χ0v) is 14.9. The number of nitrogens with one attached hydrogen (secondary N) is 1. The van der Waals surface area contributed by atoms with Crippen LogP contribution in [0.2, 0.25) is 0 Å². The molecule has 0 aliphatic rings. The summed E-state index contributed by atoms with van der Waals surface area (Å²) in [6.07, 6.45) is 0. The van der Waals surface area contributed by atoms with Crippen molar-refractivity contribution in [3.05, 3.63) is 74.2 Å². The Labute approximate surface area is 152 Å². The molecular weight excluding hydrogens is 392 g/mol. The number of benzene rings is 2. The molecule has 0 saturated carbocycles. The molecule has 1 atom stereocenters. The van der Waals surface area contributed by atoms with E-state index in [-0.39, 0.29) is 17.3 Å². The molecule has 0 heterocycles. The van der Waals surface area contributed by atoms with Gasteiger partial charge in [0, 0.05) is 16.6 Å².